The van der Waals surface area contributed by atoms with E-state index in [1.807, 2.05) is 6.92 Å². The SMILES string of the molecule is C[C@H]1Cn2ncc(NC(=O)c3ccc(COC4COC4)c(C#N)c3)c2C(=O)N1c1ccc(C(F)(F)c2ccccc2)cc1. The standard InChI is InChI=1S/C32H27F2N5O4/c1-20-16-38-29(31(41)39(20)26-11-9-25(10-12-26)32(33,34)24-5-3-2-4-6-24)28(15-36-38)37-30(40)21-7-8-22(23(13-21)14-35)17-43-27-18-42-19-27/h2-13,15,20,27H,16-19H2,1H3,(H,37,40)/t20-/m0/s1. The first kappa shape index (κ1) is 28.2. The van der Waals surface area contributed by atoms with Crippen LogP contribution in [-0.4, -0.2) is 47.0 Å². The first-order valence-corrected chi connectivity index (χ1v) is 13.7. The van der Waals surface area contributed by atoms with Crippen LogP contribution >= 0.6 is 0 Å². The van der Waals surface area contributed by atoms with Crippen molar-refractivity contribution in [2.75, 3.05) is 23.4 Å². The molecule has 0 radical (unpaired) electrons. The predicted molar refractivity (Wildman–Crippen MR) is 153 cm³/mol. The first-order chi connectivity index (χ1) is 20.8. The molecule has 218 valence electrons. The van der Waals surface area contributed by atoms with E-state index in [1.54, 1.807) is 30.3 Å². The van der Waals surface area contributed by atoms with Gasteiger partial charge < -0.3 is 19.7 Å². The lowest BCUT2D eigenvalue weighted by Crippen LogP contribution is -2.47. The number of rotatable bonds is 8. The molecule has 4 aromatic rings. The van der Waals surface area contributed by atoms with E-state index in [9.17, 15) is 14.9 Å². The smallest absolute Gasteiger partial charge is 0.298 e. The molecule has 0 aliphatic carbocycles. The number of aromatic nitrogens is 2. The van der Waals surface area contributed by atoms with Crippen LogP contribution < -0.4 is 10.2 Å². The van der Waals surface area contributed by atoms with E-state index in [4.69, 9.17) is 9.47 Å². The average Bonchev–Trinajstić information content (AvgIpc) is 3.39. The van der Waals surface area contributed by atoms with Crippen LogP contribution in [0.1, 0.15) is 50.0 Å². The minimum Gasteiger partial charge on any atom is -0.376 e. The number of carbonyl (C=O) groups excluding carboxylic acids is 2. The number of anilines is 2. The summed E-state index contributed by atoms with van der Waals surface area (Å²) in [7, 11) is 0. The van der Waals surface area contributed by atoms with Gasteiger partial charge in [0.25, 0.3) is 17.7 Å². The van der Waals surface area contributed by atoms with Crippen LogP contribution in [0.2, 0.25) is 0 Å². The Morgan fingerprint density at radius 2 is 1.84 bits per heavy atom. The fourth-order valence-corrected chi connectivity index (χ4v) is 5.16. The van der Waals surface area contributed by atoms with E-state index in [0.29, 0.717) is 36.6 Å². The summed E-state index contributed by atoms with van der Waals surface area (Å²) in [5.41, 5.74) is 1.69. The molecule has 6 rings (SSSR count). The summed E-state index contributed by atoms with van der Waals surface area (Å²) in [4.78, 5) is 28.4. The third-order valence-electron chi connectivity index (χ3n) is 7.61. The molecule has 43 heavy (non-hydrogen) atoms. The van der Waals surface area contributed by atoms with Gasteiger partial charge in [-0.3, -0.25) is 14.3 Å². The molecular formula is C32H27F2N5O4. The van der Waals surface area contributed by atoms with Gasteiger partial charge in [0.2, 0.25) is 0 Å². The van der Waals surface area contributed by atoms with Crippen molar-refractivity contribution in [2.24, 2.45) is 0 Å². The molecule has 2 amide bonds. The fraction of sp³-hybridized carbons (Fsp3) is 0.250. The van der Waals surface area contributed by atoms with Crippen LogP contribution in [0.15, 0.2) is 79.0 Å². The topological polar surface area (TPSA) is 109 Å². The van der Waals surface area contributed by atoms with Crippen LogP contribution in [0.5, 0.6) is 0 Å². The number of hydrogen-bond donors (Lipinski definition) is 1. The molecular weight excluding hydrogens is 556 g/mol. The van der Waals surface area contributed by atoms with Crippen molar-refractivity contribution in [1.82, 2.24) is 9.78 Å². The molecule has 11 heteroatoms. The van der Waals surface area contributed by atoms with Gasteiger partial charge in [-0.1, -0.05) is 48.5 Å². The zero-order valence-corrected chi connectivity index (χ0v) is 23.2. The Bertz CT molecular complexity index is 1710. The Balaban J connectivity index is 1.20. The van der Waals surface area contributed by atoms with Crippen LogP contribution in [0, 0.1) is 11.3 Å². The van der Waals surface area contributed by atoms with Gasteiger partial charge in [-0.2, -0.15) is 19.1 Å². The molecule has 2 aliphatic rings. The van der Waals surface area contributed by atoms with E-state index in [2.05, 4.69) is 16.5 Å². The predicted octanol–water partition coefficient (Wildman–Crippen LogP) is 5.11. The van der Waals surface area contributed by atoms with Crippen LogP contribution in [-0.2, 0) is 28.5 Å². The van der Waals surface area contributed by atoms with E-state index >= 15 is 8.78 Å². The largest absolute Gasteiger partial charge is 0.376 e. The summed E-state index contributed by atoms with van der Waals surface area (Å²) in [6, 6.07) is 19.7. The molecule has 0 unspecified atom stereocenters. The summed E-state index contributed by atoms with van der Waals surface area (Å²) >= 11 is 0. The van der Waals surface area contributed by atoms with E-state index in [0.717, 1.165) is 0 Å². The molecule has 0 spiro atoms. The van der Waals surface area contributed by atoms with Crippen molar-refractivity contribution in [1.29, 1.82) is 5.26 Å². The highest BCUT2D eigenvalue weighted by Crippen LogP contribution is 2.37. The minimum absolute atomic E-state index is 0.00368. The number of ether oxygens (including phenoxy) is 2. The maximum atomic E-state index is 15.1. The summed E-state index contributed by atoms with van der Waals surface area (Å²) in [6.07, 6.45) is 1.40. The monoisotopic (exact) mass is 583 g/mol. The number of nitrogens with zero attached hydrogens (tertiary/aromatic N) is 4. The van der Waals surface area contributed by atoms with Gasteiger partial charge in [0.05, 0.1) is 55.9 Å². The third kappa shape index (κ3) is 5.38. The quantitative estimate of drug-likeness (QED) is 0.309. The molecule has 1 atom stereocenters. The molecule has 1 fully saturated rings. The zero-order valence-electron chi connectivity index (χ0n) is 23.2. The Morgan fingerprint density at radius 1 is 1.12 bits per heavy atom. The van der Waals surface area contributed by atoms with E-state index in [1.165, 1.54) is 58.2 Å². The van der Waals surface area contributed by atoms with Crippen molar-refractivity contribution in [2.45, 2.75) is 38.1 Å². The number of carbonyl (C=O) groups is 2. The highest BCUT2D eigenvalue weighted by Gasteiger charge is 2.37. The summed E-state index contributed by atoms with van der Waals surface area (Å²) in [5, 5.41) is 16.7. The molecule has 0 saturated carbocycles. The molecule has 1 saturated heterocycles. The number of nitriles is 1. The van der Waals surface area contributed by atoms with Crippen molar-refractivity contribution in [3.63, 3.8) is 0 Å². The molecule has 9 nitrogen and oxygen atoms in total. The number of amides is 2. The van der Waals surface area contributed by atoms with Gasteiger partial charge in [0.15, 0.2) is 0 Å². The van der Waals surface area contributed by atoms with Crippen molar-refractivity contribution in [3.8, 4) is 6.07 Å². The highest BCUT2D eigenvalue weighted by atomic mass is 19.3. The number of halogens is 2. The van der Waals surface area contributed by atoms with Crippen molar-refractivity contribution < 1.29 is 27.8 Å². The van der Waals surface area contributed by atoms with E-state index < -0.39 is 17.7 Å². The van der Waals surface area contributed by atoms with Crippen LogP contribution in [0.25, 0.3) is 0 Å². The second kappa shape index (κ2) is 11.4. The number of hydrogen-bond acceptors (Lipinski definition) is 6. The van der Waals surface area contributed by atoms with Gasteiger partial charge >= 0.3 is 0 Å². The molecule has 3 heterocycles. The Kier molecular flexibility index (Phi) is 7.48. The van der Waals surface area contributed by atoms with Gasteiger partial charge in [0, 0.05) is 22.4 Å². The highest BCUT2D eigenvalue weighted by molar-refractivity contribution is 6.13. The second-order valence-electron chi connectivity index (χ2n) is 10.5. The third-order valence-corrected chi connectivity index (χ3v) is 7.61. The van der Waals surface area contributed by atoms with Crippen LogP contribution in [0.4, 0.5) is 20.2 Å². The summed E-state index contributed by atoms with van der Waals surface area (Å²) in [5.74, 6) is -4.15. The maximum absolute atomic E-state index is 15.1. The minimum atomic E-state index is -3.20. The summed E-state index contributed by atoms with van der Waals surface area (Å²) in [6.45, 7) is 3.42. The Labute approximate surface area is 246 Å². The Hall–Kier alpha value is -4.92. The first-order valence-electron chi connectivity index (χ1n) is 13.7. The Morgan fingerprint density at radius 3 is 2.51 bits per heavy atom. The van der Waals surface area contributed by atoms with Crippen molar-refractivity contribution >= 4 is 23.2 Å². The van der Waals surface area contributed by atoms with Crippen molar-refractivity contribution in [3.05, 3.63) is 113 Å². The second-order valence-corrected chi connectivity index (χ2v) is 10.5. The lowest BCUT2D eigenvalue weighted by atomic mass is 9.99. The average molecular weight is 584 g/mol. The number of alkyl halides is 2. The fourth-order valence-electron chi connectivity index (χ4n) is 5.16. The molecule has 1 N–H and O–H groups in total. The normalized spacial score (nSPS) is 16.7. The van der Waals surface area contributed by atoms with Crippen LogP contribution in [0.3, 0.4) is 0 Å². The van der Waals surface area contributed by atoms with Gasteiger partial charge in [-0.05, 0) is 36.8 Å². The molecule has 1 aromatic heterocycles. The lowest BCUT2D eigenvalue weighted by Gasteiger charge is -2.34. The lowest BCUT2D eigenvalue weighted by molar-refractivity contribution is -0.135. The van der Waals surface area contributed by atoms with E-state index in [-0.39, 0.29) is 46.8 Å². The maximum Gasteiger partial charge on any atom is 0.298 e. The van der Waals surface area contributed by atoms with Gasteiger partial charge in [-0.25, -0.2) is 0 Å². The zero-order chi connectivity index (χ0) is 30.1. The summed E-state index contributed by atoms with van der Waals surface area (Å²) < 4.78 is 42.5. The molecule has 0 bridgehead atoms. The molecule has 3 aromatic carbocycles. The number of fused-ring (bicyclic) bond motifs is 1. The number of nitrogens with one attached hydrogen (secondary N) is 1. The van der Waals surface area contributed by atoms with Gasteiger partial charge in [-0.15, -0.1) is 0 Å². The molecule has 2 aliphatic heterocycles. The number of benzene rings is 3. The van der Waals surface area contributed by atoms with Gasteiger partial charge in [0.1, 0.15) is 11.8 Å².